The first kappa shape index (κ1) is 36.1. The van der Waals surface area contributed by atoms with Crippen LogP contribution in [-0.2, 0) is 30.4 Å². The topological polar surface area (TPSA) is 134 Å². The van der Waals surface area contributed by atoms with Crippen LogP contribution in [0, 0.1) is 5.92 Å². The maximum absolute atomic E-state index is 13.6. The number of aliphatic hydroxyl groups excluding tert-OH is 1. The van der Waals surface area contributed by atoms with E-state index in [2.05, 4.69) is 22.8 Å². The predicted molar refractivity (Wildman–Crippen MR) is 196 cm³/mol. The third kappa shape index (κ3) is 8.94. The van der Waals surface area contributed by atoms with Gasteiger partial charge in [-0.25, -0.2) is 9.59 Å². The molecule has 0 saturated carbocycles. The number of alkyl carbamates (subject to hydrolysis) is 1. The van der Waals surface area contributed by atoms with E-state index in [0.29, 0.717) is 12.1 Å². The van der Waals surface area contributed by atoms with Crippen molar-refractivity contribution in [1.82, 2.24) is 15.5 Å². The molecule has 10 heteroatoms. The summed E-state index contributed by atoms with van der Waals surface area (Å²) in [5.74, 6) is -2.16. The number of carbonyl (C=O) groups excluding carboxylic acids is 4. The number of fused-ring (bicyclic) bond motifs is 3. The highest BCUT2D eigenvalue weighted by molar-refractivity contribution is 5.86. The van der Waals surface area contributed by atoms with E-state index in [1.165, 1.54) is 0 Å². The molecule has 4 aromatic rings. The molecule has 2 aliphatic rings. The summed E-state index contributed by atoms with van der Waals surface area (Å²) in [7, 11) is 0. The molecule has 268 valence electrons. The van der Waals surface area contributed by atoms with Crippen molar-refractivity contribution in [2.24, 2.45) is 5.92 Å². The van der Waals surface area contributed by atoms with Gasteiger partial charge in [0.2, 0.25) is 11.8 Å². The van der Waals surface area contributed by atoms with Crippen LogP contribution in [0.3, 0.4) is 0 Å². The molecular weight excluding hydrogens is 658 g/mol. The lowest BCUT2D eigenvalue weighted by atomic mass is 9.97. The zero-order valence-electron chi connectivity index (χ0n) is 28.9. The summed E-state index contributed by atoms with van der Waals surface area (Å²) in [6, 6.07) is 33.5. The highest BCUT2D eigenvalue weighted by Crippen LogP contribution is 2.44. The minimum Gasteiger partial charge on any atom is -0.454 e. The molecule has 0 radical (unpaired) electrons. The van der Waals surface area contributed by atoms with Crippen LogP contribution >= 0.6 is 0 Å². The Balaban J connectivity index is 1.16. The second-order valence-electron chi connectivity index (χ2n) is 13.0. The molecule has 3 amide bonds. The van der Waals surface area contributed by atoms with Gasteiger partial charge >= 0.3 is 12.1 Å². The van der Waals surface area contributed by atoms with Crippen LogP contribution in [0.4, 0.5) is 4.79 Å². The molecule has 6 rings (SSSR count). The van der Waals surface area contributed by atoms with Crippen molar-refractivity contribution in [3.63, 3.8) is 0 Å². The summed E-state index contributed by atoms with van der Waals surface area (Å²) in [4.78, 5) is 55.4. The van der Waals surface area contributed by atoms with Gasteiger partial charge in [-0.15, -0.1) is 0 Å². The molecule has 0 bridgehead atoms. The number of ether oxygens (including phenoxy) is 2. The zero-order valence-corrected chi connectivity index (χ0v) is 28.9. The molecule has 10 nitrogen and oxygen atoms in total. The Hall–Kier alpha value is -5.74. The van der Waals surface area contributed by atoms with Crippen LogP contribution < -0.4 is 10.6 Å². The van der Waals surface area contributed by atoms with E-state index in [4.69, 9.17) is 9.47 Å². The average Bonchev–Trinajstić information content (AvgIpc) is 3.49. The summed E-state index contributed by atoms with van der Waals surface area (Å²) < 4.78 is 11.7. The molecule has 1 aliphatic heterocycles. The fourth-order valence-electron chi connectivity index (χ4n) is 6.78. The number of amides is 3. The Morgan fingerprint density at radius 2 is 1.44 bits per heavy atom. The lowest BCUT2D eigenvalue weighted by molar-refractivity contribution is -0.152. The van der Waals surface area contributed by atoms with Crippen molar-refractivity contribution in [3.8, 4) is 11.1 Å². The number of allylic oxidation sites excluding steroid dienone is 1. The van der Waals surface area contributed by atoms with Crippen LogP contribution in [0.1, 0.15) is 53.5 Å². The number of carbonyl (C=O) groups is 4. The highest BCUT2D eigenvalue weighted by atomic mass is 16.6. The molecule has 0 aromatic heterocycles. The number of hydrogen-bond donors (Lipinski definition) is 3. The number of nitrogens with zero attached hydrogens (tertiary/aromatic N) is 1. The fraction of sp³-hybridized carbons (Fsp3) is 0.286. The maximum Gasteiger partial charge on any atom is 0.407 e. The number of rotatable bonds is 10. The zero-order chi connectivity index (χ0) is 36.3. The van der Waals surface area contributed by atoms with Crippen LogP contribution in [0.5, 0.6) is 0 Å². The summed E-state index contributed by atoms with van der Waals surface area (Å²) in [5.41, 5.74) is 5.94. The van der Waals surface area contributed by atoms with E-state index in [1.54, 1.807) is 41.3 Å². The SMILES string of the molecule is O=C(N[C@H]1C/C=C\C[C@H](CC(=O)N(CCO)Cc2ccccc2)C(=O)NC[C@H](c2ccccc2)OC1=O)OCC1c2ccccc2-c2ccccc21. The molecule has 3 N–H and O–H groups in total. The maximum atomic E-state index is 13.6. The first-order valence-electron chi connectivity index (χ1n) is 17.6. The number of aliphatic hydroxyl groups is 1. The molecule has 1 aliphatic carbocycles. The second-order valence-corrected chi connectivity index (χ2v) is 13.0. The molecular formula is C42H43N3O7. The quantitative estimate of drug-likeness (QED) is 0.143. The van der Waals surface area contributed by atoms with Crippen molar-refractivity contribution >= 4 is 23.9 Å². The van der Waals surface area contributed by atoms with Gasteiger partial charge < -0.3 is 30.1 Å². The summed E-state index contributed by atoms with van der Waals surface area (Å²) >= 11 is 0. The van der Waals surface area contributed by atoms with Crippen molar-refractivity contribution < 1.29 is 33.8 Å². The Labute approximate surface area is 303 Å². The monoisotopic (exact) mass is 701 g/mol. The number of esters is 1. The van der Waals surface area contributed by atoms with Gasteiger partial charge in [-0.2, -0.15) is 0 Å². The van der Waals surface area contributed by atoms with E-state index in [0.717, 1.165) is 27.8 Å². The van der Waals surface area contributed by atoms with E-state index in [1.807, 2.05) is 72.8 Å². The summed E-state index contributed by atoms with van der Waals surface area (Å²) in [6.45, 7) is 0.277. The highest BCUT2D eigenvalue weighted by Gasteiger charge is 2.32. The van der Waals surface area contributed by atoms with Gasteiger partial charge in [0.1, 0.15) is 18.8 Å². The van der Waals surface area contributed by atoms with Gasteiger partial charge in [-0.1, -0.05) is 121 Å². The third-order valence-electron chi connectivity index (χ3n) is 9.50. The largest absolute Gasteiger partial charge is 0.454 e. The Kier molecular flexibility index (Phi) is 12.1. The van der Waals surface area contributed by atoms with Crippen molar-refractivity contribution in [3.05, 3.63) is 144 Å². The molecule has 52 heavy (non-hydrogen) atoms. The van der Waals surface area contributed by atoms with Crippen molar-refractivity contribution in [1.29, 1.82) is 0 Å². The Morgan fingerprint density at radius 3 is 2.12 bits per heavy atom. The molecule has 0 saturated heterocycles. The van der Waals surface area contributed by atoms with Crippen LogP contribution in [-0.4, -0.2) is 66.2 Å². The summed E-state index contributed by atoms with van der Waals surface area (Å²) in [5, 5.41) is 15.3. The first-order chi connectivity index (χ1) is 25.4. The van der Waals surface area contributed by atoms with Crippen molar-refractivity contribution in [2.45, 2.75) is 43.9 Å². The van der Waals surface area contributed by atoms with Gasteiger partial charge in [0.15, 0.2) is 0 Å². The minimum atomic E-state index is -1.07. The van der Waals surface area contributed by atoms with E-state index < -0.39 is 30.1 Å². The molecule has 0 unspecified atom stereocenters. The van der Waals surface area contributed by atoms with Crippen LogP contribution in [0.25, 0.3) is 11.1 Å². The molecule has 1 heterocycles. The lowest BCUT2D eigenvalue weighted by Gasteiger charge is -2.26. The molecule has 3 atom stereocenters. The summed E-state index contributed by atoms with van der Waals surface area (Å²) in [6.07, 6.45) is 2.06. The lowest BCUT2D eigenvalue weighted by Crippen LogP contribution is -2.44. The van der Waals surface area contributed by atoms with Gasteiger partial charge in [-0.3, -0.25) is 9.59 Å². The normalized spacial score (nSPS) is 19.4. The third-order valence-corrected chi connectivity index (χ3v) is 9.50. The number of benzene rings is 4. The average molecular weight is 702 g/mol. The Morgan fingerprint density at radius 1 is 0.827 bits per heavy atom. The Bertz CT molecular complexity index is 1840. The molecule has 0 fully saturated rings. The van der Waals surface area contributed by atoms with Gasteiger partial charge in [0.05, 0.1) is 19.1 Å². The minimum absolute atomic E-state index is 0.0367. The van der Waals surface area contributed by atoms with Gasteiger partial charge in [0.25, 0.3) is 0 Å². The number of cyclic esters (lactones) is 1. The van der Waals surface area contributed by atoms with E-state index in [9.17, 15) is 24.3 Å². The first-order valence-corrected chi connectivity index (χ1v) is 17.6. The van der Waals surface area contributed by atoms with Gasteiger partial charge in [0, 0.05) is 25.4 Å². The van der Waals surface area contributed by atoms with Gasteiger partial charge in [-0.05, 0) is 46.2 Å². The number of nitrogens with one attached hydrogen (secondary N) is 2. The van der Waals surface area contributed by atoms with E-state index >= 15 is 0 Å². The second kappa shape index (κ2) is 17.5. The number of hydrogen-bond acceptors (Lipinski definition) is 7. The van der Waals surface area contributed by atoms with Crippen LogP contribution in [0.15, 0.2) is 121 Å². The fourth-order valence-corrected chi connectivity index (χ4v) is 6.78. The molecule has 4 aromatic carbocycles. The van der Waals surface area contributed by atoms with Crippen LogP contribution in [0.2, 0.25) is 0 Å². The van der Waals surface area contributed by atoms with Crippen molar-refractivity contribution in [2.75, 3.05) is 26.3 Å². The molecule has 0 spiro atoms. The standard InChI is InChI=1S/C42H43N3O7/c46-24-23-45(27-29-13-3-1-4-14-29)39(47)25-31-17-7-12-22-37(41(49)52-38(26-43-40(31)48)30-15-5-2-6-16-30)44-42(50)51-28-36-34-20-10-8-18-32(34)33-19-9-11-21-35(33)36/h1-16,18-21,31,36-38,46H,17,22-28H2,(H,43,48)(H,44,50)/b12-7-/t31-,37+,38-/m1/s1. The van der Waals surface area contributed by atoms with E-state index in [-0.39, 0.29) is 63.3 Å². The predicted octanol–water partition coefficient (Wildman–Crippen LogP) is 5.67. The smallest absolute Gasteiger partial charge is 0.407 e.